The van der Waals surface area contributed by atoms with Gasteiger partial charge < -0.3 is 9.42 Å². The van der Waals surface area contributed by atoms with Gasteiger partial charge in [-0.3, -0.25) is 0 Å². The van der Waals surface area contributed by atoms with Crippen LogP contribution in [0.3, 0.4) is 0 Å². The zero-order valence-electron chi connectivity index (χ0n) is 12.8. The fraction of sp³-hybridized carbons (Fsp3) is 0.333. The highest BCUT2D eigenvalue weighted by Crippen LogP contribution is 2.28. The first-order valence-corrected chi connectivity index (χ1v) is 7.89. The minimum absolute atomic E-state index is 0.492. The molecule has 0 spiro atoms. The molecular weight excluding hydrogens is 298 g/mol. The van der Waals surface area contributed by atoms with E-state index >= 15 is 0 Å². The van der Waals surface area contributed by atoms with Gasteiger partial charge in [0.25, 0.3) is 5.89 Å². The van der Waals surface area contributed by atoms with E-state index in [1.54, 1.807) is 24.5 Å². The first-order chi connectivity index (χ1) is 10.7. The lowest BCUT2D eigenvalue weighted by molar-refractivity contribution is 0.425. The van der Waals surface area contributed by atoms with Crippen molar-refractivity contribution in [3.05, 3.63) is 40.2 Å². The fourth-order valence-corrected chi connectivity index (χ4v) is 3.08. The molecule has 0 N–H and O–H groups in total. The average Bonchev–Trinajstić information content (AvgIpc) is 3.16. The van der Waals surface area contributed by atoms with Crippen molar-refractivity contribution in [2.24, 2.45) is 0 Å². The number of rotatable bonds is 5. The van der Waals surface area contributed by atoms with Crippen molar-refractivity contribution in [2.75, 3.05) is 11.9 Å². The Bertz CT molecular complexity index is 767. The van der Waals surface area contributed by atoms with E-state index in [9.17, 15) is 0 Å². The molecule has 7 heteroatoms. The van der Waals surface area contributed by atoms with Crippen molar-refractivity contribution in [3.8, 4) is 11.5 Å². The smallest absolute Gasteiger partial charge is 0.261 e. The second-order valence-electron chi connectivity index (χ2n) is 4.95. The van der Waals surface area contributed by atoms with Crippen molar-refractivity contribution in [2.45, 2.75) is 26.8 Å². The van der Waals surface area contributed by atoms with E-state index in [0.717, 1.165) is 29.4 Å². The van der Waals surface area contributed by atoms with E-state index in [2.05, 4.69) is 31.9 Å². The van der Waals surface area contributed by atoms with Gasteiger partial charge in [0.2, 0.25) is 0 Å². The minimum Gasteiger partial charge on any atom is -0.354 e. The highest BCUT2D eigenvalue weighted by molar-refractivity contribution is 7.11. The van der Waals surface area contributed by atoms with Crippen LogP contribution in [0.15, 0.2) is 29.0 Å². The van der Waals surface area contributed by atoms with E-state index in [-0.39, 0.29) is 0 Å². The van der Waals surface area contributed by atoms with Crippen LogP contribution in [0.5, 0.6) is 0 Å². The number of hydrogen-bond donors (Lipinski definition) is 0. The maximum Gasteiger partial charge on any atom is 0.261 e. The molecule has 0 saturated heterocycles. The van der Waals surface area contributed by atoms with Crippen LogP contribution in [0.2, 0.25) is 0 Å². The molecule has 3 aromatic heterocycles. The first-order valence-electron chi connectivity index (χ1n) is 7.07. The lowest BCUT2D eigenvalue weighted by Crippen LogP contribution is -2.17. The number of hydrogen-bond acceptors (Lipinski definition) is 7. The molecular formula is C15H17N5OS. The van der Waals surface area contributed by atoms with Crippen molar-refractivity contribution < 1.29 is 4.52 Å². The lowest BCUT2D eigenvalue weighted by atomic mass is 10.2. The second kappa shape index (κ2) is 6.23. The molecule has 22 heavy (non-hydrogen) atoms. The predicted molar refractivity (Wildman–Crippen MR) is 85.9 cm³/mol. The summed E-state index contributed by atoms with van der Waals surface area (Å²) in [7, 11) is 2.00. The quantitative estimate of drug-likeness (QED) is 0.720. The van der Waals surface area contributed by atoms with Gasteiger partial charge >= 0.3 is 0 Å². The summed E-state index contributed by atoms with van der Waals surface area (Å²) in [6.07, 6.45) is 4.66. The Hall–Kier alpha value is -2.28. The first kappa shape index (κ1) is 14.6. The molecule has 0 bridgehead atoms. The van der Waals surface area contributed by atoms with Gasteiger partial charge in [0.05, 0.1) is 17.1 Å². The molecule has 0 aliphatic heterocycles. The predicted octanol–water partition coefficient (Wildman–Crippen LogP) is 3.10. The van der Waals surface area contributed by atoms with Gasteiger partial charge in [0, 0.05) is 24.3 Å². The third-order valence-corrected chi connectivity index (χ3v) is 4.33. The summed E-state index contributed by atoms with van der Waals surface area (Å²) < 4.78 is 5.28. The summed E-state index contributed by atoms with van der Waals surface area (Å²) >= 11 is 1.73. The molecule has 0 aliphatic rings. The van der Waals surface area contributed by atoms with Gasteiger partial charge in [-0.05, 0) is 25.5 Å². The molecule has 0 aliphatic carbocycles. The number of pyridine rings is 1. The molecule has 0 fully saturated rings. The second-order valence-corrected chi connectivity index (χ2v) is 6.15. The molecule has 0 radical (unpaired) electrons. The van der Waals surface area contributed by atoms with Crippen molar-refractivity contribution in [3.63, 3.8) is 0 Å². The maximum absolute atomic E-state index is 5.28. The standard InChI is InChI=1S/C15H17N5OS/c1-4-13-17-8-11(22-13)9-20(3)14-12(6-5-7-16-14)15-18-10(2)19-21-15/h5-8H,4,9H2,1-3H3. The van der Waals surface area contributed by atoms with E-state index in [1.807, 2.05) is 25.4 Å². The monoisotopic (exact) mass is 315 g/mol. The third-order valence-electron chi connectivity index (χ3n) is 3.20. The Kier molecular flexibility index (Phi) is 4.15. The molecule has 3 aromatic rings. The number of aryl methyl sites for hydroxylation is 2. The SMILES string of the molecule is CCc1ncc(CN(C)c2ncccc2-c2nc(C)no2)s1. The molecule has 0 saturated carbocycles. The summed E-state index contributed by atoms with van der Waals surface area (Å²) in [6, 6.07) is 3.81. The van der Waals surface area contributed by atoms with Crippen LogP contribution in [-0.4, -0.2) is 27.2 Å². The number of aromatic nitrogens is 4. The van der Waals surface area contributed by atoms with Crippen molar-refractivity contribution in [1.82, 2.24) is 20.1 Å². The fourth-order valence-electron chi connectivity index (χ4n) is 2.17. The summed E-state index contributed by atoms with van der Waals surface area (Å²) in [5.74, 6) is 1.92. The largest absolute Gasteiger partial charge is 0.354 e. The van der Waals surface area contributed by atoms with E-state index in [4.69, 9.17) is 4.52 Å². The van der Waals surface area contributed by atoms with Gasteiger partial charge in [-0.2, -0.15) is 4.98 Å². The Labute approximate surface area is 132 Å². The summed E-state index contributed by atoms with van der Waals surface area (Å²) in [6.45, 7) is 4.66. The Morgan fingerprint density at radius 2 is 2.18 bits per heavy atom. The number of thiazole rings is 1. The van der Waals surface area contributed by atoms with Crippen LogP contribution < -0.4 is 4.90 Å². The average molecular weight is 315 g/mol. The van der Waals surface area contributed by atoms with Gasteiger partial charge in [-0.15, -0.1) is 11.3 Å². The molecule has 0 amide bonds. The van der Waals surface area contributed by atoms with Crippen LogP contribution in [0.1, 0.15) is 22.6 Å². The minimum atomic E-state index is 0.492. The zero-order valence-corrected chi connectivity index (χ0v) is 13.6. The summed E-state index contributed by atoms with van der Waals surface area (Å²) in [4.78, 5) is 16.4. The summed E-state index contributed by atoms with van der Waals surface area (Å²) in [5.41, 5.74) is 0.839. The van der Waals surface area contributed by atoms with Crippen molar-refractivity contribution in [1.29, 1.82) is 0 Å². The number of nitrogens with zero attached hydrogens (tertiary/aromatic N) is 5. The molecule has 0 atom stereocenters. The van der Waals surface area contributed by atoms with Crippen LogP contribution in [-0.2, 0) is 13.0 Å². The molecule has 0 aromatic carbocycles. The maximum atomic E-state index is 5.28. The van der Waals surface area contributed by atoms with Gasteiger partial charge in [0.1, 0.15) is 5.82 Å². The topological polar surface area (TPSA) is 67.9 Å². The van der Waals surface area contributed by atoms with E-state index in [1.165, 1.54) is 4.88 Å². The van der Waals surface area contributed by atoms with Gasteiger partial charge in [-0.1, -0.05) is 12.1 Å². The van der Waals surface area contributed by atoms with E-state index < -0.39 is 0 Å². The van der Waals surface area contributed by atoms with Gasteiger partial charge in [0.15, 0.2) is 5.82 Å². The Morgan fingerprint density at radius 1 is 1.32 bits per heavy atom. The molecule has 3 heterocycles. The molecule has 0 unspecified atom stereocenters. The highest BCUT2D eigenvalue weighted by Gasteiger charge is 2.16. The van der Waals surface area contributed by atoms with E-state index in [0.29, 0.717) is 11.7 Å². The lowest BCUT2D eigenvalue weighted by Gasteiger charge is -2.18. The molecule has 114 valence electrons. The number of anilines is 1. The van der Waals surface area contributed by atoms with Crippen LogP contribution in [0, 0.1) is 6.92 Å². The van der Waals surface area contributed by atoms with Crippen molar-refractivity contribution >= 4 is 17.2 Å². The Balaban J connectivity index is 1.87. The zero-order chi connectivity index (χ0) is 15.5. The molecule has 6 nitrogen and oxygen atoms in total. The summed E-state index contributed by atoms with van der Waals surface area (Å²) in [5, 5.41) is 5.00. The normalized spacial score (nSPS) is 10.9. The molecule has 3 rings (SSSR count). The highest BCUT2D eigenvalue weighted by atomic mass is 32.1. The third kappa shape index (κ3) is 2.99. The van der Waals surface area contributed by atoms with Crippen LogP contribution >= 0.6 is 11.3 Å². The Morgan fingerprint density at radius 3 is 2.86 bits per heavy atom. The van der Waals surface area contributed by atoms with Gasteiger partial charge in [-0.25, -0.2) is 9.97 Å². The van der Waals surface area contributed by atoms with Crippen LogP contribution in [0.4, 0.5) is 5.82 Å². The van der Waals surface area contributed by atoms with Crippen LogP contribution in [0.25, 0.3) is 11.5 Å².